The van der Waals surface area contributed by atoms with Crippen molar-refractivity contribution in [2.45, 2.75) is 19.8 Å². The molecule has 2 aromatic rings. The van der Waals surface area contributed by atoms with Crippen LogP contribution in [0.5, 0.6) is 0 Å². The van der Waals surface area contributed by atoms with Gasteiger partial charge in [0.25, 0.3) is 0 Å². The number of hydrogen-bond acceptors (Lipinski definition) is 4. The molecule has 4 heteroatoms. The number of aliphatic hydroxyl groups is 1. The standard InChI is InChI=1S/C16H21N3O/c1-11-8-16(19-6-4-12(10-19)5-7-20)14-9-13(17)2-3-15(14)18-11/h2-3,8-9,12,20H,4-7,10,17H2,1H3. The number of anilines is 2. The van der Waals surface area contributed by atoms with E-state index in [9.17, 15) is 0 Å². The normalized spacial score (nSPS) is 18.9. The first-order chi connectivity index (χ1) is 9.67. The van der Waals surface area contributed by atoms with Crippen LogP contribution in [0.15, 0.2) is 24.3 Å². The van der Waals surface area contributed by atoms with Crippen LogP contribution in [0.3, 0.4) is 0 Å². The summed E-state index contributed by atoms with van der Waals surface area (Å²) in [5.74, 6) is 0.588. The zero-order chi connectivity index (χ0) is 14.1. The molecule has 1 unspecified atom stereocenters. The molecule has 106 valence electrons. The number of pyridine rings is 1. The first-order valence-corrected chi connectivity index (χ1v) is 7.20. The zero-order valence-electron chi connectivity index (χ0n) is 11.8. The summed E-state index contributed by atoms with van der Waals surface area (Å²) in [6.45, 7) is 4.36. The molecule has 1 aliphatic heterocycles. The van der Waals surface area contributed by atoms with Gasteiger partial charge in [-0.15, -0.1) is 0 Å². The van der Waals surface area contributed by atoms with Gasteiger partial charge < -0.3 is 15.7 Å². The molecule has 3 rings (SSSR count). The van der Waals surface area contributed by atoms with Crippen molar-refractivity contribution in [1.29, 1.82) is 0 Å². The van der Waals surface area contributed by atoms with E-state index in [1.807, 2.05) is 25.1 Å². The van der Waals surface area contributed by atoms with Gasteiger partial charge in [-0.2, -0.15) is 0 Å². The van der Waals surface area contributed by atoms with Gasteiger partial charge in [-0.25, -0.2) is 0 Å². The fourth-order valence-electron chi connectivity index (χ4n) is 3.09. The van der Waals surface area contributed by atoms with Crippen LogP contribution in [0, 0.1) is 12.8 Å². The summed E-state index contributed by atoms with van der Waals surface area (Å²) in [4.78, 5) is 6.98. The van der Waals surface area contributed by atoms with Gasteiger partial charge in [-0.1, -0.05) is 0 Å². The van der Waals surface area contributed by atoms with E-state index in [1.165, 1.54) is 5.69 Å². The van der Waals surface area contributed by atoms with Crippen LogP contribution >= 0.6 is 0 Å². The van der Waals surface area contributed by atoms with E-state index in [0.717, 1.165) is 48.2 Å². The Labute approximate surface area is 119 Å². The quantitative estimate of drug-likeness (QED) is 0.841. The van der Waals surface area contributed by atoms with Gasteiger partial charge in [-0.05, 0) is 49.9 Å². The highest BCUT2D eigenvalue weighted by Crippen LogP contribution is 2.32. The third kappa shape index (κ3) is 2.43. The summed E-state index contributed by atoms with van der Waals surface area (Å²) in [7, 11) is 0. The van der Waals surface area contributed by atoms with Crippen molar-refractivity contribution in [2.24, 2.45) is 5.92 Å². The Morgan fingerprint density at radius 1 is 1.40 bits per heavy atom. The maximum absolute atomic E-state index is 9.09. The molecule has 0 bridgehead atoms. The van der Waals surface area contributed by atoms with Crippen molar-refractivity contribution < 1.29 is 5.11 Å². The van der Waals surface area contributed by atoms with Crippen molar-refractivity contribution in [3.63, 3.8) is 0 Å². The largest absolute Gasteiger partial charge is 0.399 e. The predicted molar refractivity (Wildman–Crippen MR) is 82.9 cm³/mol. The molecular formula is C16H21N3O. The van der Waals surface area contributed by atoms with Gasteiger partial charge >= 0.3 is 0 Å². The maximum Gasteiger partial charge on any atom is 0.0727 e. The Bertz CT molecular complexity index is 626. The molecule has 1 saturated heterocycles. The third-order valence-electron chi connectivity index (χ3n) is 4.10. The molecule has 20 heavy (non-hydrogen) atoms. The van der Waals surface area contributed by atoms with Crippen LogP contribution in [0.25, 0.3) is 10.9 Å². The second-order valence-electron chi connectivity index (χ2n) is 5.67. The Kier molecular flexibility index (Phi) is 3.49. The number of aromatic nitrogens is 1. The SMILES string of the molecule is Cc1cc(N2CCC(CCO)C2)c2cc(N)ccc2n1. The third-order valence-corrected chi connectivity index (χ3v) is 4.10. The minimum Gasteiger partial charge on any atom is -0.399 e. The summed E-state index contributed by atoms with van der Waals surface area (Å²) >= 11 is 0. The molecule has 0 radical (unpaired) electrons. The molecule has 1 aromatic heterocycles. The molecule has 4 nitrogen and oxygen atoms in total. The number of nitrogens with two attached hydrogens (primary N) is 1. The Morgan fingerprint density at radius 2 is 2.25 bits per heavy atom. The molecule has 1 aromatic carbocycles. The molecule has 0 aliphatic carbocycles. The minimum atomic E-state index is 0.279. The number of aryl methyl sites for hydroxylation is 1. The first kappa shape index (κ1) is 13.2. The molecule has 0 spiro atoms. The highest BCUT2D eigenvalue weighted by atomic mass is 16.3. The smallest absolute Gasteiger partial charge is 0.0727 e. The van der Waals surface area contributed by atoms with E-state index in [0.29, 0.717) is 5.92 Å². The van der Waals surface area contributed by atoms with Crippen molar-refractivity contribution in [3.05, 3.63) is 30.0 Å². The van der Waals surface area contributed by atoms with E-state index in [-0.39, 0.29) is 6.61 Å². The zero-order valence-corrected chi connectivity index (χ0v) is 11.8. The molecule has 0 saturated carbocycles. The summed E-state index contributed by atoms with van der Waals surface area (Å²) in [6, 6.07) is 8.04. The second kappa shape index (κ2) is 5.29. The van der Waals surface area contributed by atoms with E-state index in [1.54, 1.807) is 0 Å². The molecule has 3 N–H and O–H groups in total. The molecule has 1 aliphatic rings. The average molecular weight is 271 g/mol. The molecular weight excluding hydrogens is 250 g/mol. The van der Waals surface area contributed by atoms with Gasteiger partial charge in [-0.3, -0.25) is 4.98 Å². The lowest BCUT2D eigenvalue weighted by Gasteiger charge is -2.21. The Balaban J connectivity index is 2.00. The number of rotatable bonds is 3. The van der Waals surface area contributed by atoms with Crippen LogP contribution < -0.4 is 10.6 Å². The number of benzene rings is 1. The molecule has 0 amide bonds. The van der Waals surface area contributed by atoms with Crippen LogP contribution in [0.1, 0.15) is 18.5 Å². The summed E-state index contributed by atoms with van der Waals surface area (Å²) in [6.07, 6.45) is 2.03. The molecule has 1 atom stereocenters. The van der Waals surface area contributed by atoms with Crippen LogP contribution in [0.2, 0.25) is 0 Å². The fraction of sp³-hybridized carbons (Fsp3) is 0.438. The number of nitrogen functional groups attached to an aromatic ring is 1. The van der Waals surface area contributed by atoms with Crippen LogP contribution in [0.4, 0.5) is 11.4 Å². The van der Waals surface area contributed by atoms with Gasteiger partial charge in [0.05, 0.1) is 5.52 Å². The van der Waals surface area contributed by atoms with Gasteiger partial charge in [0.2, 0.25) is 0 Å². The topological polar surface area (TPSA) is 62.4 Å². The number of aliphatic hydroxyl groups excluding tert-OH is 1. The average Bonchev–Trinajstić information content (AvgIpc) is 2.87. The lowest BCUT2D eigenvalue weighted by atomic mass is 10.1. The monoisotopic (exact) mass is 271 g/mol. The van der Waals surface area contributed by atoms with Crippen molar-refractivity contribution in [1.82, 2.24) is 4.98 Å². The van der Waals surface area contributed by atoms with Crippen LogP contribution in [-0.2, 0) is 0 Å². The minimum absolute atomic E-state index is 0.279. The molecule has 2 heterocycles. The number of hydrogen-bond donors (Lipinski definition) is 2. The van der Waals surface area contributed by atoms with Crippen molar-refractivity contribution in [3.8, 4) is 0 Å². The highest BCUT2D eigenvalue weighted by Gasteiger charge is 2.23. The molecule has 1 fully saturated rings. The van der Waals surface area contributed by atoms with Crippen LogP contribution in [-0.4, -0.2) is 29.8 Å². The van der Waals surface area contributed by atoms with E-state index in [4.69, 9.17) is 10.8 Å². The summed E-state index contributed by atoms with van der Waals surface area (Å²) in [5.41, 5.74) is 9.95. The van der Waals surface area contributed by atoms with E-state index in [2.05, 4.69) is 16.0 Å². The fourth-order valence-corrected chi connectivity index (χ4v) is 3.09. The second-order valence-corrected chi connectivity index (χ2v) is 5.67. The van der Waals surface area contributed by atoms with E-state index < -0.39 is 0 Å². The Hall–Kier alpha value is -1.81. The lowest BCUT2D eigenvalue weighted by molar-refractivity contribution is 0.263. The first-order valence-electron chi connectivity index (χ1n) is 7.20. The summed E-state index contributed by atoms with van der Waals surface area (Å²) in [5, 5.41) is 10.2. The lowest BCUT2D eigenvalue weighted by Crippen LogP contribution is -2.20. The van der Waals surface area contributed by atoms with E-state index >= 15 is 0 Å². The van der Waals surface area contributed by atoms with Gasteiger partial charge in [0.15, 0.2) is 0 Å². The van der Waals surface area contributed by atoms with Gasteiger partial charge in [0.1, 0.15) is 0 Å². The predicted octanol–water partition coefficient (Wildman–Crippen LogP) is 2.33. The Morgan fingerprint density at radius 3 is 3.05 bits per heavy atom. The summed E-state index contributed by atoms with van der Waals surface area (Å²) < 4.78 is 0. The highest BCUT2D eigenvalue weighted by molar-refractivity contribution is 5.94. The van der Waals surface area contributed by atoms with Gasteiger partial charge in [0, 0.05) is 42.2 Å². The number of nitrogens with zero attached hydrogens (tertiary/aromatic N) is 2. The maximum atomic E-state index is 9.09. The van der Waals surface area contributed by atoms with Crippen molar-refractivity contribution >= 4 is 22.3 Å². The van der Waals surface area contributed by atoms with Crippen molar-refractivity contribution in [2.75, 3.05) is 30.3 Å². The number of fused-ring (bicyclic) bond motifs is 1.